The van der Waals surface area contributed by atoms with Gasteiger partial charge in [-0.15, -0.1) is 0 Å². The molecular weight excluding hydrogens is 546 g/mol. The standard InChI is InChI=1S/C42H35N3/c1-2-3-28-45-39-29-35(43-41(31-16-8-4-9-17-31)32-18-10-5-11-19-32)24-26-37(39)38-27-25-36(30-40(38)45)44-42(33-20-12-6-13-21-33)34-22-14-7-15-23-34/h4-27,29-30H,2-3,28H2,1H3. The molecule has 0 unspecified atom stereocenters. The lowest BCUT2D eigenvalue weighted by Crippen LogP contribution is -2.02. The van der Waals surface area contributed by atoms with Gasteiger partial charge in [-0.05, 0) is 30.7 Å². The molecule has 7 aromatic rings. The van der Waals surface area contributed by atoms with Gasteiger partial charge in [0.05, 0.1) is 33.8 Å². The third-order valence-corrected chi connectivity index (χ3v) is 8.24. The van der Waals surface area contributed by atoms with E-state index in [0.29, 0.717) is 0 Å². The van der Waals surface area contributed by atoms with Crippen molar-refractivity contribution in [3.8, 4) is 0 Å². The van der Waals surface area contributed by atoms with E-state index in [0.717, 1.165) is 64.4 Å². The van der Waals surface area contributed by atoms with Crippen LogP contribution in [0.1, 0.15) is 42.0 Å². The molecule has 0 N–H and O–H groups in total. The minimum absolute atomic E-state index is 0.936. The minimum Gasteiger partial charge on any atom is -0.340 e. The van der Waals surface area contributed by atoms with Crippen molar-refractivity contribution in [2.45, 2.75) is 26.3 Å². The van der Waals surface area contributed by atoms with Crippen LogP contribution in [0.4, 0.5) is 11.4 Å². The lowest BCUT2D eigenvalue weighted by molar-refractivity contribution is 0.665. The van der Waals surface area contributed by atoms with E-state index in [9.17, 15) is 0 Å². The monoisotopic (exact) mass is 581 g/mol. The predicted octanol–water partition coefficient (Wildman–Crippen LogP) is 10.9. The zero-order valence-corrected chi connectivity index (χ0v) is 25.5. The number of fused-ring (bicyclic) bond motifs is 3. The van der Waals surface area contributed by atoms with Crippen LogP contribution in [-0.2, 0) is 6.54 Å². The van der Waals surface area contributed by atoms with Crippen LogP contribution in [0.2, 0.25) is 0 Å². The summed E-state index contributed by atoms with van der Waals surface area (Å²) in [5.74, 6) is 0. The van der Waals surface area contributed by atoms with Crippen molar-refractivity contribution in [3.05, 3.63) is 180 Å². The number of aliphatic imine (C=N–C) groups is 2. The van der Waals surface area contributed by atoms with E-state index in [1.807, 2.05) is 24.3 Å². The van der Waals surface area contributed by atoms with Gasteiger partial charge in [-0.25, -0.2) is 9.98 Å². The van der Waals surface area contributed by atoms with E-state index in [-0.39, 0.29) is 0 Å². The summed E-state index contributed by atoms with van der Waals surface area (Å²) in [5.41, 5.74) is 10.6. The molecule has 0 aliphatic rings. The van der Waals surface area contributed by atoms with Crippen LogP contribution < -0.4 is 0 Å². The van der Waals surface area contributed by atoms with Crippen molar-refractivity contribution in [1.82, 2.24) is 4.57 Å². The van der Waals surface area contributed by atoms with Gasteiger partial charge in [0.25, 0.3) is 0 Å². The molecule has 3 heteroatoms. The van der Waals surface area contributed by atoms with Gasteiger partial charge in [0.15, 0.2) is 0 Å². The van der Waals surface area contributed by atoms with Gasteiger partial charge < -0.3 is 4.57 Å². The Kier molecular flexibility index (Phi) is 8.15. The predicted molar refractivity (Wildman–Crippen MR) is 191 cm³/mol. The maximum absolute atomic E-state index is 5.25. The van der Waals surface area contributed by atoms with E-state index >= 15 is 0 Å². The normalized spacial score (nSPS) is 11.0. The van der Waals surface area contributed by atoms with Crippen LogP contribution in [0, 0.1) is 0 Å². The van der Waals surface area contributed by atoms with Crippen LogP contribution in [0.5, 0.6) is 0 Å². The number of hydrogen-bond donors (Lipinski definition) is 0. The van der Waals surface area contributed by atoms with Crippen LogP contribution in [0.3, 0.4) is 0 Å². The molecule has 218 valence electrons. The smallest absolute Gasteiger partial charge is 0.0781 e. The summed E-state index contributed by atoms with van der Waals surface area (Å²) in [4.78, 5) is 10.5. The fourth-order valence-corrected chi connectivity index (χ4v) is 6.00. The second-order valence-corrected chi connectivity index (χ2v) is 11.3. The number of hydrogen-bond acceptors (Lipinski definition) is 2. The largest absolute Gasteiger partial charge is 0.340 e. The zero-order valence-electron chi connectivity index (χ0n) is 25.5. The molecule has 45 heavy (non-hydrogen) atoms. The first-order valence-corrected chi connectivity index (χ1v) is 15.7. The molecule has 0 amide bonds. The summed E-state index contributed by atoms with van der Waals surface area (Å²) in [6.07, 6.45) is 2.22. The molecule has 0 aliphatic heterocycles. The van der Waals surface area contributed by atoms with Crippen molar-refractivity contribution in [1.29, 1.82) is 0 Å². The molecule has 1 aromatic heterocycles. The Labute approximate surface area is 264 Å². The average Bonchev–Trinajstić information content (AvgIpc) is 3.41. The number of aryl methyl sites for hydroxylation is 1. The fourth-order valence-electron chi connectivity index (χ4n) is 6.00. The van der Waals surface area contributed by atoms with Crippen molar-refractivity contribution in [3.63, 3.8) is 0 Å². The van der Waals surface area contributed by atoms with Crippen LogP contribution in [-0.4, -0.2) is 16.0 Å². The topological polar surface area (TPSA) is 29.6 Å². The van der Waals surface area contributed by atoms with E-state index in [1.54, 1.807) is 0 Å². The number of benzene rings is 6. The Hall–Kier alpha value is -5.54. The number of aromatic nitrogens is 1. The lowest BCUT2D eigenvalue weighted by atomic mass is 10.0. The van der Waals surface area contributed by atoms with Gasteiger partial charge in [-0.2, -0.15) is 0 Å². The van der Waals surface area contributed by atoms with Crippen molar-refractivity contribution >= 4 is 44.6 Å². The first-order valence-electron chi connectivity index (χ1n) is 15.7. The van der Waals surface area contributed by atoms with Crippen molar-refractivity contribution < 1.29 is 0 Å². The number of rotatable bonds is 9. The summed E-state index contributed by atoms with van der Waals surface area (Å²) < 4.78 is 2.46. The van der Waals surface area contributed by atoms with Gasteiger partial charge in [0, 0.05) is 39.6 Å². The molecule has 0 fully saturated rings. The summed E-state index contributed by atoms with van der Waals surface area (Å²) >= 11 is 0. The Morgan fingerprint density at radius 2 is 0.822 bits per heavy atom. The fraction of sp³-hybridized carbons (Fsp3) is 0.0952. The first-order chi connectivity index (χ1) is 22.3. The van der Waals surface area contributed by atoms with E-state index in [2.05, 4.69) is 145 Å². The quantitative estimate of drug-likeness (QED) is 0.152. The molecule has 7 rings (SSSR count). The second-order valence-electron chi connectivity index (χ2n) is 11.3. The van der Waals surface area contributed by atoms with Crippen molar-refractivity contribution in [2.75, 3.05) is 0 Å². The first kappa shape index (κ1) is 28.2. The summed E-state index contributed by atoms with van der Waals surface area (Å²) in [5, 5.41) is 2.48. The van der Waals surface area contributed by atoms with Crippen LogP contribution in [0.25, 0.3) is 21.8 Å². The molecule has 0 spiro atoms. The highest BCUT2D eigenvalue weighted by Crippen LogP contribution is 2.35. The van der Waals surface area contributed by atoms with Gasteiger partial charge >= 0.3 is 0 Å². The molecule has 0 bridgehead atoms. The SMILES string of the molecule is CCCCn1c2cc(N=C(c3ccccc3)c3ccccc3)ccc2c2ccc(N=C(c3ccccc3)c3ccccc3)cc21. The lowest BCUT2D eigenvalue weighted by Gasteiger charge is -2.10. The van der Waals surface area contributed by atoms with E-state index in [4.69, 9.17) is 9.98 Å². The van der Waals surface area contributed by atoms with Gasteiger partial charge in [0.2, 0.25) is 0 Å². The second kappa shape index (κ2) is 13.0. The maximum atomic E-state index is 5.25. The van der Waals surface area contributed by atoms with Gasteiger partial charge in [-0.3, -0.25) is 0 Å². The summed E-state index contributed by atoms with van der Waals surface area (Å²) in [7, 11) is 0. The Balaban J connectivity index is 1.38. The molecule has 1 heterocycles. The Morgan fingerprint density at radius 1 is 0.467 bits per heavy atom. The van der Waals surface area contributed by atoms with E-state index < -0.39 is 0 Å². The van der Waals surface area contributed by atoms with Crippen LogP contribution >= 0.6 is 0 Å². The van der Waals surface area contributed by atoms with E-state index in [1.165, 1.54) is 21.8 Å². The molecule has 0 atom stereocenters. The van der Waals surface area contributed by atoms with Crippen molar-refractivity contribution in [2.24, 2.45) is 9.98 Å². The summed E-state index contributed by atoms with van der Waals surface area (Å²) in [6.45, 7) is 3.18. The highest BCUT2D eigenvalue weighted by atomic mass is 15.0. The molecule has 3 nitrogen and oxygen atoms in total. The molecular formula is C42H35N3. The van der Waals surface area contributed by atoms with Crippen LogP contribution in [0.15, 0.2) is 168 Å². The third-order valence-electron chi connectivity index (χ3n) is 8.24. The Morgan fingerprint density at radius 3 is 1.16 bits per heavy atom. The molecule has 6 aromatic carbocycles. The minimum atomic E-state index is 0.936. The Bertz CT molecular complexity index is 1870. The zero-order chi connectivity index (χ0) is 30.4. The molecule has 0 saturated heterocycles. The molecule has 0 aliphatic carbocycles. The van der Waals surface area contributed by atoms with Gasteiger partial charge in [-0.1, -0.05) is 147 Å². The maximum Gasteiger partial charge on any atom is 0.0781 e. The average molecular weight is 582 g/mol. The van der Waals surface area contributed by atoms with Gasteiger partial charge in [0.1, 0.15) is 0 Å². The molecule has 0 radical (unpaired) electrons. The number of nitrogens with zero attached hydrogens (tertiary/aromatic N) is 3. The summed E-state index contributed by atoms with van der Waals surface area (Å²) in [6, 6.07) is 55.0. The highest BCUT2D eigenvalue weighted by Gasteiger charge is 2.14. The third kappa shape index (κ3) is 5.98. The highest BCUT2D eigenvalue weighted by molar-refractivity contribution is 6.16. The molecule has 0 saturated carbocycles. The number of unbranched alkanes of at least 4 members (excludes halogenated alkanes) is 1.